The average Bonchev–Trinajstić information content (AvgIpc) is 3.01. The van der Waals surface area contributed by atoms with Crippen molar-refractivity contribution < 1.29 is 23.9 Å². The van der Waals surface area contributed by atoms with Gasteiger partial charge in [-0.1, -0.05) is 12.1 Å². The molecule has 0 unspecified atom stereocenters. The summed E-state index contributed by atoms with van der Waals surface area (Å²) in [7, 11) is 1.25. The van der Waals surface area contributed by atoms with E-state index in [9.17, 15) is 14.4 Å². The Morgan fingerprint density at radius 1 is 1.21 bits per heavy atom. The van der Waals surface area contributed by atoms with Crippen molar-refractivity contribution in [1.29, 1.82) is 0 Å². The summed E-state index contributed by atoms with van der Waals surface area (Å²) in [4.78, 5) is 39.6. The summed E-state index contributed by atoms with van der Waals surface area (Å²) in [6.45, 7) is 2.03. The topological polar surface area (TPSA) is 94.6 Å². The monoisotopic (exact) mass is 348 g/mol. The van der Waals surface area contributed by atoms with Gasteiger partial charge in [0.1, 0.15) is 0 Å². The van der Waals surface area contributed by atoms with Crippen LogP contribution < -0.4 is 5.32 Å². The minimum atomic E-state index is -0.595. The quantitative estimate of drug-likeness (QED) is 0.805. The number of nitrogens with one attached hydrogen (secondary N) is 1. The van der Waals surface area contributed by atoms with Gasteiger partial charge in [0, 0.05) is 5.38 Å². The molecule has 0 saturated heterocycles. The number of hydrogen-bond acceptors (Lipinski definition) is 7. The highest BCUT2D eigenvalue weighted by Gasteiger charge is 2.18. The predicted octanol–water partition coefficient (Wildman–Crippen LogP) is 2.29. The number of ether oxygens (including phenoxy) is 2. The maximum absolute atomic E-state index is 12.3. The van der Waals surface area contributed by atoms with Crippen LogP contribution in [0.5, 0.6) is 0 Å². The molecule has 0 aliphatic heterocycles. The van der Waals surface area contributed by atoms with Gasteiger partial charge in [-0.3, -0.25) is 14.9 Å². The fraction of sp³-hybridized carbons (Fsp3) is 0.250. The van der Waals surface area contributed by atoms with Crippen molar-refractivity contribution in [2.45, 2.75) is 13.3 Å². The molecule has 1 aromatic heterocycles. The third kappa shape index (κ3) is 4.39. The summed E-state index contributed by atoms with van der Waals surface area (Å²) in [5, 5.41) is 4.61. The smallest absolute Gasteiger partial charge is 0.338 e. The summed E-state index contributed by atoms with van der Waals surface area (Å²) in [6.07, 6.45) is 0.0406. The first kappa shape index (κ1) is 17.6. The van der Waals surface area contributed by atoms with Gasteiger partial charge < -0.3 is 9.47 Å². The van der Waals surface area contributed by atoms with Crippen LogP contribution >= 0.6 is 11.3 Å². The van der Waals surface area contributed by atoms with E-state index < -0.39 is 11.9 Å². The van der Waals surface area contributed by atoms with Gasteiger partial charge in [-0.2, -0.15) is 0 Å². The zero-order valence-electron chi connectivity index (χ0n) is 13.2. The van der Waals surface area contributed by atoms with E-state index in [2.05, 4.69) is 15.0 Å². The number of anilines is 1. The van der Waals surface area contributed by atoms with Crippen molar-refractivity contribution in [3.63, 3.8) is 0 Å². The summed E-state index contributed by atoms with van der Waals surface area (Å²) < 4.78 is 9.51. The summed E-state index contributed by atoms with van der Waals surface area (Å²) in [6, 6.07) is 6.32. The molecule has 0 bridgehead atoms. The average molecular weight is 348 g/mol. The molecule has 0 fully saturated rings. The SMILES string of the molecule is CCOC(=O)Cc1csc(NC(=O)c2ccccc2C(=O)OC)n1. The molecule has 0 atom stereocenters. The Kier molecular flexibility index (Phi) is 6.02. The number of benzene rings is 1. The second-order valence-corrected chi connectivity index (χ2v) is 5.48. The third-order valence-electron chi connectivity index (χ3n) is 2.98. The maximum Gasteiger partial charge on any atom is 0.338 e. The van der Waals surface area contributed by atoms with E-state index in [0.717, 1.165) is 0 Å². The number of aromatic nitrogens is 1. The Bertz CT molecular complexity index is 756. The highest BCUT2D eigenvalue weighted by atomic mass is 32.1. The van der Waals surface area contributed by atoms with E-state index in [1.807, 2.05) is 0 Å². The highest BCUT2D eigenvalue weighted by molar-refractivity contribution is 7.14. The number of esters is 2. The van der Waals surface area contributed by atoms with Gasteiger partial charge >= 0.3 is 11.9 Å². The standard InChI is InChI=1S/C16H16N2O5S/c1-3-23-13(19)8-10-9-24-16(17-10)18-14(20)11-6-4-5-7-12(11)15(21)22-2/h4-7,9H,3,8H2,1-2H3,(H,17,18,20). The van der Waals surface area contributed by atoms with Crippen LogP contribution in [0.25, 0.3) is 0 Å². The fourth-order valence-electron chi connectivity index (χ4n) is 1.94. The summed E-state index contributed by atoms with van der Waals surface area (Å²) in [5.74, 6) is -1.45. The molecule has 2 aromatic rings. The van der Waals surface area contributed by atoms with Gasteiger partial charge in [0.25, 0.3) is 5.91 Å². The second-order valence-electron chi connectivity index (χ2n) is 4.62. The molecule has 0 saturated carbocycles. The highest BCUT2D eigenvalue weighted by Crippen LogP contribution is 2.18. The van der Waals surface area contributed by atoms with Crippen LogP contribution in [0.1, 0.15) is 33.3 Å². The molecule has 0 aliphatic carbocycles. The number of methoxy groups -OCH3 is 1. The molecule has 1 amide bonds. The van der Waals surface area contributed by atoms with Gasteiger partial charge in [0.05, 0.1) is 37.0 Å². The Balaban J connectivity index is 2.10. The first-order valence-electron chi connectivity index (χ1n) is 7.13. The molecule has 0 spiro atoms. The lowest BCUT2D eigenvalue weighted by atomic mass is 10.1. The van der Waals surface area contributed by atoms with E-state index >= 15 is 0 Å². The zero-order valence-corrected chi connectivity index (χ0v) is 14.0. The molecule has 126 valence electrons. The minimum absolute atomic E-state index is 0.0406. The lowest BCUT2D eigenvalue weighted by molar-refractivity contribution is -0.142. The van der Waals surface area contributed by atoms with E-state index in [0.29, 0.717) is 17.4 Å². The number of nitrogens with zero attached hydrogens (tertiary/aromatic N) is 1. The summed E-state index contributed by atoms with van der Waals surface area (Å²) in [5.41, 5.74) is 0.863. The molecule has 2 rings (SSSR count). The number of hydrogen-bond donors (Lipinski definition) is 1. The molecule has 8 heteroatoms. The molecule has 7 nitrogen and oxygen atoms in total. The normalized spacial score (nSPS) is 10.1. The van der Waals surface area contributed by atoms with Gasteiger partial charge in [0.2, 0.25) is 0 Å². The van der Waals surface area contributed by atoms with Crippen LogP contribution in [0.4, 0.5) is 5.13 Å². The fourth-order valence-corrected chi connectivity index (χ4v) is 2.64. The molecular formula is C16H16N2O5S. The van der Waals surface area contributed by atoms with E-state index in [4.69, 9.17) is 4.74 Å². The van der Waals surface area contributed by atoms with Crippen molar-refractivity contribution in [2.75, 3.05) is 19.0 Å². The number of thiazole rings is 1. The van der Waals surface area contributed by atoms with Crippen molar-refractivity contribution in [1.82, 2.24) is 4.98 Å². The van der Waals surface area contributed by atoms with Crippen LogP contribution in [-0.2, 0) is 20.7 Å². The molecule has 1 N–H and O–H groups in total. The maximum atomic E-state index is 12.3. The van der Waals surface area contributed by atoms with Crippen molar-refractivity contribution in [2.24, 2.45) is 0 Å². The minimum Gasteiger partial charge on any atom is -0.466 e. The Hall–Kier alpha value is -2.74. The van der Waals surface area contributed by atoms with Crippen molar-refractivity contribution in [3.8, 4) is 0 Å². The van der Waals surface area contributed by atoms with Gasteiger partial charge in [0.15, 0.2) is 5.13 Å². The molecular weight excluding hydrogens is 332 g/mol. The largest absolute Gasteiger partial charge is 0.466 e. The Morgan fingerprint density at radius 2 is 1.92 bits per heavy atom. The predicted molar refractivity (Wildman–Crippen MR) is 88.2 cm³/mol. The number of rotatable bonds is 6. The van der Waals surface area contributed by atoms with Gasteiger partial charge in [-0.25, -0.2) is 9.78 Å². The lowest BCUT2D eigenvalue weighted by Gasteiger charge is -2.06. The van der Waals surface area contributed by atoms with E-state index in [-0.39, 0.29) is 23.5 Å². The van der Waals surface area contributed by atoms with Crippen LogP contribution in [0.3, 0.4) is 0 Å². The number of carbonyl (C=O) groups excluding carboxylic acids is 3. The van der Waals surface area contributed by atoms with Crippen molar-refractivity contribution in [3.05, 3.63) is 46.5 Å². The summed E-state index contributed by atoms with van der Waals surface area (Å²) >= 11 is 1.19. The second kappa shape index (κ2) is 8.21. The Labute approximate surface area is 142 Å². The van der Waals surface area contributed by atoms with Crippen LogP contribution in [0.15, 0.2) is 29.6 Å². The van der Waals surface area contributed by atoms with Crippen molar-refractivity contribution >= 4 is 34.3 Å². The third-order valence-corrected chi connectivity index (χ3v) is 3.79. The molecule has 24 heavy (non-hydrogen) atoms. The molecule has 0 radical (unpaired) electrons. The van der Waals surface area contributed by atoms with Gasteiger partial charge in [-0.05, 0) is 19.1 Å². The van der Waals surface area contributed by atoms with E-state index in [1.165, 1.54) is 30.6 Å². The first-order chi connectivity index (χ1) is 11.5. The Morgan fingerprint density at radius 3 is 2.58 bits per heavy atom. The van der Waals surface area contributed by atoms with Crippen LogP contribution in [-0.4, -0.2) is 36.5 Å². The van der Waals surface area contributed by atoms with Crippen LogP contribution in [0, 0.1) is 0 Å². The number of carbonyl (C=O) groups is 3. The lowest BCUT2D eigenvalue weighted by Crippen LogP contribution is -2.17. The molecule has 1 aromatic carbocycles. The van der Waals surface area contributed by atoms with Gasteiger partial charge in [-0.15, -0.1) is 11.3 Å². The van der Waals surface area contributed by atoms with Crippen LogP contribution in [0.2, 0.25) is 0 Å². The first-order valence-corrected chi connectivity index (χ1v) is 8.01. The number of amides is 1. The molecule has 1 heterocycles. The van der Waals surface area contributed by atoms with E-state index in [1.54, 1.807) is 24.4 Å². The molecule has 0 aliphatic rings. The zero-order chi connectivity index (χ0) is 17.5.